The van der Waals surface area contributed by atoms with Crippen molar-refractivity contribution in [1.29, 1.82) is 0 Å². The van der Waals surface area contributed by atoms with Crippen LogP contribution in [0.3, 0.4) is 0 Å². The Labute approximate surface area is 130 Å². The van der Waals surface area contributed by atoms with Crippen LogP contribution in [-0.4, -0.2) is 38.9 Å². The predicted octanol–water partition coefficient (Wildman–Crippen LogP) is 2.02. The van der Waals surface area contributed by atoms with Crippen LogP contribution in [0.5, 0.6) is 0 Å². The van der Waals surface area contributed by atoms with E-state index in [2.05, 4.69) is 5.32 Å². The molecule has 0 radical (unpaired) electrons. The highest BCUT2D eigenvalue weighted by atomic mass is 32.2. The van der Waals surface area contributed by atoms with Gasteiger partial charge in [-0.15, -0.1) is 0 Å². The minimum atomic E-state index is -3.05. The molecule has 1 amide bonds. The topological polar surface area (TPSA) is 89.5 Å². The van der Waals surface area contributed by atoms with E-state index in [0.29, 0.717) is 17.9 Å². The van der Waals surface area contributed by atoms with Crippen LogP contribution in [0.1, 0.15) is 36.5 Å². The van der Waals surface area contributed by atoms with E-state index in [1.165, 1.54) is 0 Å². The molecular weight excluding hydrogens is 306 g/mol. The molecule has 0 fully saturated rings. The zero-order valence-corrected chi connectivity index (χ0v) is 13.6. The second-order valence-corrected chi connectivity index (χ2v) is 7.25. The number of rotatable bonds is 8. The van der Waals surface area contributed by atoms with Gasteiger partial charge < -0.3 is 10.1 Å². The molecule has 1 aromatic carbocycles. The van der Waals surface area contributed by atoms with Crippen LogP contribution in [0, 0.1) is 0 Å². The number of ether oxygens (including phenoxy) is 1. The number of carbonyl (C=O) groups is 2. The molecule has 1 aromatic rings. The summed E-state index contributed by atoms with van der Waals surface area (Å²) < 4.78 is 26.9. The van der Waals surface area contributed by atoms with E-state index in [-0.39, 0.29) is 24.5 Å². The maximum Gasteiger partial charge on any atom is 0.338 e. The molecule has 0 saturated heterocycles. The Hall–Kier alpha value is -1.89. The zero-order chi connectivity index (χ0) is 16.6. The number of hydrogen-bond donors (Lipinski definition) is 1. The standard InChI is InChI=1S/C15H21NO5S/c1-3-10-21-15(18)12-6-8-13(9-7-12)16-14(17)5-4-11-22(2,19)20/h6-9H,3-5,10-11H2,1-2H3,(H,16,17). The Morgan fingerprint density at radius 3 is 2.36 bits per heavy atom. The first-order valence-electron chi connectivity index (χ1n) is 7.06. The lowest BCUT2D eigenvalue weighted by atomic mass is 10.2. The Bertz CT molecular complexity index is 607. The van der Waals surface area contributed by atoms with Crippen molar-refractivity contribution >= 4 is 27.4 Å². The fourth-order valence-electron chi connectivity index (χ4n) is 1.69. The average Bonchev–Trinajstić information content (AvgIpc) is 2.44. The second kappa shape index (κ2) is 8.53. The van der Waals surface area contributed by atoms with Gasteiger partial charge in [-0.3, -0.25) is 4.79 Å². The SMILES string of the molecule is CCCOC(=O)c1ccc(NC(=O)CCCS(C)(=O)=O)cc1. The molecule has 122 valence electrons. The monoisotopic (exact) mass is 327 g/mol. The molecule has 1 N–H and O–H groups in total. The number of carbonyl (C=O) groups excluding carboxylic acids is 2. The van der Waals surface area contributed by atoms with Gasteiger partial charge in [-0.05, 0) is 37.1 Å². The third-order valence-electron chi connectivity index (χ3n) is 2.76. The Morgan fingerprint density at radius 2 is 1.82 bits per heavy atom. The van der Waals surface area contributed by atoms with Gasteiger partial charge in [0.15, 0.2) is 0 Å². The number of sulfone groups is 1. The van der Waals surface area contributed by atoms with Crippen molar-refractivity contribution in [2.45, 2.75) is 26.2 Å². The third kappa shape index (κ3) is 7.21. The number of esters is 1. The predicted molar refractivity (Wildman–Crippen MR) is 84.6 cm³/mol. The van der Waals surface area contributed by atoms with Gasteiger partial charge >= 0.3 is 5.97 Å². The first-order valence-corrected chi connectivity index (χ1v) is 9.12. The largest absolute Gasteiger partial charge is 0.462 e. The minimum Gasteiger partial charge on any atom is -0.462 e. The van der Waals surface area contributed by atoms with E-state index >= 15 is 0 Å². The van der Waals surface area contributed by atoms with E-state index < -0.39 is 15.8 Å². The van der Waals surface area contributed by atoms with Gasteiger partial charge in [-0.25, -0.2) is 13.2 Å². The van der Waals surface area contributed by atoms with Crippen LogP contribution in [0.2, 0.25) is 0 Å². The summed E-state index contributed by atoms with van der Waals surface area (Å²) in [5, 5.41) is 2.65. The zero-order valence-electron chi connectivity index (χ0n) is 12.8. The van der Waals surface area contributed by atoms with Crippen LogP contribution < -0.4 is 5.32 Å². The highest BCUT2D eigenvalue weighted by molar-refractivity contribution is 7.90. The molecule has 0 aliphatic heterocycles. The summed E-state index contributed by atoms with van der Waals surface area (Å²) in [5.74, 6) is -0.666. The lowest BCUT2D eigenvalue weighted by molar-refractivity contribution is -0.116. The number of amides is 1. The smallest absolute Gasteiger partial charge is 0.338 e. The van der Waals surface area contributed by atoms with Crippen LogP contribution in [-0.2, 0) is 19.4 Å². The van der Waals surface area contributed by atoms with Crippen LogP contribution >= 0.6 is 0 Å². The van der Waals surface area contributed by atoms with Crippen molar-refractivity contribution in [3.63, 3.8) is 0 Å². The molecule has 1 rings (SSSR count). The van der Waals surface area contributed by atoms with Gasteiger partial charge in [0.2, 0.25) is 5.91 Å². The molecule has 0 aromatic heterocycles. The van der Waals surface area contributed by atoms with Gasteiger partial charge in [0.1, 0.15) is 9.84 Å². The molecule has 0 saturated carbocycles. The van der Waals surface area contributed by atoms with Crippen molar-refractivity contribution in [1.82, 2.24) is 0 Å². The summed E-state index contributed by atoms with van der Waals surface area (Å²) in [6, 6.07) is 6.36. The molecule has 6 nitrogen and oxygen atoms in total. The normalized spacial score (nSPS) is 11.0. The van der Waals surface area contributed by atoms with E-state index in [1.807, 2.05) is 6.92 Å². The highest BCUT2D eigenvalue weighted by Gasteiger charge is 2.09. The summed E-state index contributed by atoms with van der Waals surface area (Å²) in [6.45, 7) is 2.29. The van der Waals surface area contributed by atoms with Gasteiger partial charge in [0.25, 0.3) is 0 Å². The summed E-state index contributed by atoms with van der Waals surface area (Å²) in [6.07, 6.45) is 2.31. The van der Waals surface area contributed by atoms with Crippen molar-refractivity contribution in [3.8, 4) is 0 Å². The van der Waals surface area contributed by atoms with Crippen LogP contribution in [0.25, 0.3) is 0 Å². The lowest BCUT2D eigenvalue weighted by Gasteiger charge is -2.06. The first-order chi connectivity index (χ1) is 10.3. The number of nitrogens with one attached hydrogen (secondary N) is 1. The van der Waals surface area contributed by atoms with Crippen molar-refractivity contribution < 1.29 is 22.7 Å². The van der Waals surface area contributed by atoms with E-state index in [9.17, 15) is 18.0 Å². The molecule has 0 heterocycles. The number of hydrogen-bond acceptors (Lipinski definition) is 5. The van der Waals surface area contributed by atoms with Crippen LogP contribution in [0.4, 0.5) is 5.69 Å². The average molecular weight is 327 g/mol. The summed E-state index contributed by atoms with van der Waals surface area (Å²) in [5.41, 5.74) is 0.972. The van der Waals surface area contributed by atoms with Gasteiger partial charge in [0.05, 0.1) is 17.9 Å². The fraction of sp³-hybridized carbons (Fsp3) is 0.467. The first kappa shape index (κ1) is 18.2. The molecule has 0 aliphatic rings. The fourth-order valence-corrected chi connectivity index (χ4v) is 2.35. The molecule has 7 heteroatoms. The van der Waals surface area contributed by atoms with Gasteiger partial charge in [-0.1, -0.05) is 6.92 Å². The summed E-state index contributed by atoms with van der Waals surface area (Å²) in [4.78, 5) is 23.3. The second-order valence-electron chi connectivity index (χ2n) is 4.99. The maximum absolute atomic E-state index is 11.7. The Balaban J connectivity index is 2.46. The number of anilines is 1. The number of benzene rings is 1. The van der Waals surface area contributed by atoms with E-state index in [1.54, 1.807) is 24.3 Å². The van der Waals surface area contributed by atoms with Gasteiger partial charge in [-0.2, -0.15) is 0 Å². The maximum atomic E-state index is 11.7. The van der Waals surface area contributed by atoms with Crippen molar-refractivity contribution in [2.75, 3.05) is 23.9 Å². The molecule has 0 unspecified atom stereocenters. The quantitative estimate of drug-likeness (QED) is 0.738. The molecular formula is C15H21NO5S. The van der Waals surface area contributed by atoms with Gasteiger partial charge in [0, 0.05) is 18.4 Å². The van der Waals surface area contributed by atoms with Crippen molar-refractivity contribution in [3.05, 3.63) is 29.8 Å². The molecule has 0 spiro atoms. The minimum absolute atomic E-state index is 0.0113. The van der Waals surface area contributed by atoms with Crippen molar-refractivity contribution in [2.24, 2.45) is 0 Å². The van der Waals surface area contributed by atoms with E-state index in [4.69, 9.17) is 4.74 Å². The molecule has 0 bridgehead atoms. The van der Waals surface area contributed by atoms with E-state index in [0.717, 1.165) is 12.7 Å². The Kier molecular flexibility index (Phi) is 7.04. The Morgan fingerprint density at radius 1 is 1.18 bits per heavy atom. The molecule has 0 aliphatic carbocycles. The molecule has 22 heavy (non-hydrogen) atoms. The lowest BCUT2D eigenvalue weighted by Crippen LogP contribution is -2.14. The van der Waals surface area contributed by atoms with Crippen LogP contribution in [0.15, 0.2) is 24.3 Å². The third-order valence-corrected chi connectivity index (χ3v) is 3.79. The highest BCUT2D eigenvalue weighted by Crippen LogP contribution is 2.11. The summed E-state index contributed by atoms with van der Waals surface area (Å²) >= 11 is 0. The molecule has 0 atom stereocenters. The summed E-state index contributed by atoms with van der Waals surface area (Å²) in [7, 11) is -3.05.